The number of guanidine groups is 1. The van der Waals surface area contributed by atoms with Crippen molar-refractivity contribution in [1.82, 2.24) is 15.5 Å². The summed E-state index contributed by atoms with van der Waals surface area (Å²) in [4.78, 5) is 17.4. The molecule has 1 aromatic heterocycles. The topological polar surface area (TPSA) is 79.1 Å². The zero-order valence-electron chi connectivity index (χ0n) is 13.6. The van der Waals surface area contributed by atoms with Crippen molar-refractivity contribution in [3.05, 3.63) is 24.2 Å². The summed E-state index contributed by atoms with van der Waals surface area (Å²) >= 11 is 0. The zero-order chi connectivity index (χ0) is 16.2. The van der Waals surface area contributed by atoms with Gasteiger partial charge in [0.05, 0.1) is 6.26 Å². The van der Waals surface area contributed by atoms with Crippen molar-refractivity contribution in [2.24, 2.45) is 4.99 Å². The first-order valence-electron chi connectivity index (χ1n) is 7.37. The number of ether oxygens (including phenoxy) is 1. The number of carbonyl (C=O) groups is 1. The Labute approximate surface area is 131 Å². The van der Waals surface area contributed by atoms with E-state index in [1.165, 1.54) is 4.90 Å². The summed E-state index contributed by atoms with van der Waals surface area (Å²) in [6.07, 6.45) is 3.29. The van der Waals surface area contributed by atoms with Crippen LogP contribution >= 0.6 is 0 Å². The molecular formula is C15H26N4O3. The van der Waals surface area contributed by atoms with Crippen LogP contribution in [-0.4, -0.2) is 64.2 Å². The summed E-state index contributed by atoms with van der Waals surface area (Å²) in [6.45, 7) is 2.22. The maximum atomic E-state index is 11.6. The summed E-state index contributed by atoms with van der Waals surface area (Å²) in [5.74, 6) is 1.50. The Balaban J connectivity index is 2.41. The fourth-order valence-corrected chi connectivity index (χ4v) is 1.64. The van der Waals surface area contributed by atoms with E-state index in [1.54, 1.807) is 27.5 Å². The molecule has 1 aromatic rings. The van der Waals surface area contributed by atoms with E-state index in [1.807, 2.05) is 12.1 Å². The lowest BCUT2D eigenvalue weighted by atomic mass is 10.3. The van der Waals surface area contributed by atoms with Crippen LogP contribution in [0.3, 0.4) is 0 Å². The quantitative estimate of drug-likeness (QED) is 0.394. The average Bonchev–Trinajstić information content (AvgIpc) is 3.01. The zero-order valence-corrected chi connectivity index (χ0v) is 13.6. The highest BCUT2D eigenvalue weighted by atomic mass is 16.5. The summed E-state index contributed by atoms with van der Waals surface area (Å²) in [7, 11) is 5.11. The molecule has 1 heterocycles. The predicted molar refractivity (Wildman–Crippen MR) is 85.9 cm³/mol. The monoisotopic (exact) mass is 310 g/mol. The van der Waals surface area contributed by atoms with Crippen molar-refractivity contribution in [2.45, 2.75) is 12.8 Å². The molecular weight excluding hydrogens is 284 g/mol. The molecule has 0 saturated heterocycles. The number of furan rings is 1. The van der Waals surface area contributed by atoms with Gasteiger partial charge in [-0.15, -0.1) is 0 Å². The number of amides is 1. The molecule has 0 aromatic carbocycles. The van der Waals surface area contributed by atoms with Gasteiger partial charge in [0.2, 0.25) is 5.91 Å². The van der Waals surface area contributed by atoms with Gasteiger partial charge in [0.15, 0.2) is 5.96 Å². The van der Waals surface area contributed by atoms with Gasteiger partial charge in [-0.25, -0.2) is 4.99 Å². The molecule has 0 atom stereocenters. The molecule has 0 fully saturated rings. The molecule has 7 nitrogen and oxygen atoms in total. The van der Waals surface area contributed by atoms with Crippen LogP contribution in [0.1, 0.15) is 12.2 Å². The van der Waals surface area contributed by atoms with Gasteiger partial charge in [-0.3, -0.25) is 4.79 Å². The van der Waals surface area contributed by atoms with Gasteiger partial charge in [0.25, 0.3) is 0 Å². The van der Waals surface area contributed by atoms with Crippen molar-refractivity contribution in [2.75, 3.05) is 47.4 Å². The third-order valence-electron chi connectivity index (χ3n) is 2.93. The number of hydrogen-bond acceptors (Lipinski definition) is 4. The second-order valence-electron chi connectivity index (χ2n) is 4.98. The number of rotatable bonds is 9. The number of aliphatic imine (C=N–C) groups is 1. The number of carbonyl (C=O) groups excluding carboxylic acids is 1. The first-order chi connectivity index (χ1) is 10.6. The van der Waals surface area contributed by atoms with Crippen LogP contribution in [-0.2, 0) is 16.0 Å². The van der Waals surface area contributed by atoms with Crippen LogP contribution in [0.25, 0.3) is 0 Å². The van der Waals surface area contributed by atoms with Crippen molar-refractivity contribution in [3.63, 3.8) is 0 Å². The molecule has 0 aliphatic heterocycles. The van der Waals surface area contributed by atoms with E-state index in [0.29, 0.717) is 19.1 Å². The SMILES string of the molecule is COCCCNC(=NCC(=O)N(C)C)NCCc1ccco1. The molecule has 0 aliphatic rings. The Morgan fingerprint density at radius 1 is 1.36 bits per heavy atom. The maximum Gasteiger partial charge on any atom is 0.243 e. The standard InChI is InChI=1S/C15H26N4O3/c1-19(2)14(20)12-18-15(16-8-5-10-21-3)17-9-7-13-6-4-11-22-13/h4,6,11H,5,7-10,12H2,1-3H3,(H2,16,17,18). The van der Waals surface area contributed by atoms with E-state index in [-0.39, 0.29) is 12.5 Å². The fourth-order valence-electron chi connectivity index (χ4n) is 1.64. The normalized spacial score (nSPS) is 11.3. The second kappa shape index (κ2) is 10.7. The molecule has 0 spiro atoms. The minimum Gasteiger partial charge on any atom is -0.469 e. The third kappa shape index (κ3) is 7.68. The third-order valence-corrected chi connectivity index (χ3v) is 2.93. The van der Waals surface area contributed by atoms with Crippen LogP contribution < -0.4 is 10.6 Å². The molecule has 0 bridgehead atoms. The van der Waals surface area contributed by atoms with Gasteiger partial charge in [0, 0.05) is 47.3 Å². The first kappa shape index (κ1) is 18.0. The van der Waals surface area contributed by atoms with E-state index < -0.39 is 0 Å². The van der Waals surface area contributed by atoms with Crippen molar-refractivity contribution in [1.29, 1.82) is 0 Å². The molecule has 7 heteroatoms. The molecule has 124 valence electrons. The van der Waals surface area contributed by atoms with Crippen LogP contribution in [0.4, 0.5) is 0 Å². The highest BCUT2D eigenvalue weighted by Gasteiger charge is 2.04. The smallest absolute Gasteiger partial charge is 0.243 e. The van der Waals surface area contributed by atoms with E-state index in [4.69, 9.17) is 9.15 Å². The summed E-state index contributed by atoms with van der Waals surface area (Å²) in [5.41, 5.74) is 0. The van der Waals surface area contributed by atoms with Crippen LogP contribution in [0.2, 0.25) is 0 Å². The van der Waals surface area contributed by atoms with Gasteiger partial charge in [-0.05, 0) is 18.6 Å². The Hall–Kier alpha value is -2.02. The lowest BCUT2D eigenvalue weighted by Gasteiger charge is -2.13. The van der Waals surface area contributed by atoms with Crippen LogP contribution in [0.15, 0.2) is 27.8 Å². The van der Waals surface area contributed by atoms with E-state index in [2.05, 4.69) is 15.6 Å². The maximum absolute atomic E-state index is 11.6. The minimum absolute atomic E-state index is 0.0379. The number of hydrogen-bond donors (Lipinski definition) is 2. The highest BCUT2D eigenvalue weighted by Crippen LogP contribution is 1.99. The van der Waals surface area contributed by atoms with Gasteiger partial charge in [-0.2, -0.15) is 0 Å². The number of nitrogens with zero attached hydrogens (tertiary/aromatic N) is 2. The highest BCUT2D eigenvalue weighted by molar-refractivity contribution is 5.84. The van der Waals surface area contributed by atoms with E-state index >= 15 is 0 Å². The van der Waals surface area contributed by atoms with Crippen molar-refractivity contribution < 1.29 is 13.9 Å². The lowest BCUT2D eigenvalue weighted by molar-refractivity contribution is -0.127. The molecule has 22 heavy (non-hydrogen) atoms. The second-order valence-corrected chi connectivity index (χ2v) is 4.98. The predicted octanol–water partition coefficient (Wildman–Crippen LogP) is 0.482. The Morgan fingerprint density at radius 3 is 2.77 bits per heavy atom. The molecule has 0 unspecified atom stereocenters. The Bertz CT molecular complexity index is 444. The number of nitrogens with one attached hydrogen (secondary N) is 2. The van der Waals surface area contributed by atoms with E-state index in [0.717, 1.165) is 25.1 Å². The van der Waals surface area contributed by atoms with Gasteiger partial charge in [-0.1, -0.05) is 0 Å². The van der Waals surface area contributed by atoms with Gasteiger partial charge in [0.1, 0.15) is 12.3 Å². The summed E-state index contributed by atoms with van der Waals surface area (Å²) in [5, 5.41) is 6.38. The molecule has 1 amide bonds. The largest absolute Gasteiger partial charge is 0.469 e. The Morgan fingerprint density at radius 2 is 2.14 bits per heavy atom. The molecule has 2 N–H and O–H groups in total. The van der Waals surface area contributed by atoms with Crippen LogP contribution in [0, 0.1) is 0 Å². The Kier molecular flexibility index (Phi) is 8.74. The first-order valence-corrected chi connectivity index (χ1v) is 7.37. The van der Waals surface area contributed by atoms with E-state index in [9.17, 15) is 4.79 Å². The van der Waals surface area contributed by atoms with Crippen LogP contribution in [0.5, 0.6) is 0 Å². The molecule has 0 radical (unpaired) electrons. The van der Waals surface area contributed by atoms with Crippen molar-refractivity contribution in [3.8, 4) is 0 Å². The molecule has 1 rings (SSSR count). The van der Waals surface area contributed by atoms with Gasteiger partial charge >= 0.3 is 0 Å². The van der Waals surface area contributed by atoms with Crippen molar-refractivity contribution >= 4 is 11.9 Å². The minimum atomic E-state index is -0.0379. The average molecular weight is 310 g/mol. The number of methoxy groups -OCH3 is 1. The number of likely N-dealkylation sites (N-methyl/N-ethyl adjacent to an activating group) is 1. The molecule has 0 aliphatic carbocycles. The lowest BCUT2D eigenvalue weighted by Crippen LogP contribution is -2.40. The summed E-state index contributed by atoms with van der Waals surface area (Å²) in [6, 6.07) is 3.79. The van der Waals surface area contributed by atoms with Gasteiger partial charge < -0.3 is 24.7 Å². The fraction of sp³-hybridized carbons (Fsp3) is 0.600. The molecule has 0 saturated carbocycles. The summed E-state index contributed by atoms with van der Waals surface area (Å²) < 4.78 is 10.3.